The summed E-state index contributed by atoms with van der Waals surface area (Å²) in [6, 6.07) is 8.96. The van der Waals surface area contributed by atoms with Crippen molar-refractivity contribution in [3.05, 3.63) is 29.8 Å². The standard InChI is InChI=1S/C18H29NOS/c1-18(2,3)19-13-14-7-5-9-16(11-14)21-17-10-6-8-15(12-17)20-4/h5,7,9,11,15,17,19H,6,8,10,12-13H2,1-4H3. The monoisotopic (exact) mass is 307 g/mol. The first-order chi connectivity index (χ1) is 9.96. The fraction of sp³-hybridized carbons (Fsp3) is 0.667. The van der Waals surface area contributed by atoms with E-state index < -0.39 is 0 Å². The Morgan fingerprint density at radius 2 is 2.10 bits per heavy atom. The summed E-state index contributed by atoms with van der Waals surface area (Å²) in [5.74, 6) is 0. The van der Waals surface area contributed by atoms with Gasteiger partial charge in [-0.25, -0.2) is 0 Å². The maximum atomic E-state index is 5.54. The van der Waals surface area contributed by atoms with Crippen LogP contribution in [-0.2, 0) is 11.3 Å². The number of hydrogen-bond acceptors (Lipinski definition) is 3. The Balaban J connectivity index is 1.91. The lowest BCUT2D eigenvalue weighted by atomic mass is 9.97. The largest absolute Gasteiger partial charge is 0.381 e. The molecule has 2 nitrogen and oxygen atoms in total. The van der Waals surface area contributed by atoms with Crippen molar-refractivity contribution in [2.75, 3.05) is 7.11 Å². The van der Waals surface area contributed by atoms with Gasteiger partial charge in [-0.2, -0.15) is 0 Å². The van der Waals surface area contributed by atoms with Crippen LogP contribution in [0.3, 0.4) is 0 Å². The van der Waals surface area contributed by atoms with Crippen LogP contribution in [0.1, 0.15) is 52.0 Å². The molecule has 0 aromatic heterocycles. The Bertz CT molecular complexity index is 441. The molecule has 2 rings (SSSR count). The van der Waals surface area contributed by atoms with Crippen molar-refractivity contribution in [3.8, 4) is 0 Å². The SMILES string of the molecule is COC1CCCC(Sc2cccc(CNC(C)(C)C)c2)C1. The predicted molar refractivity (Wildman–Crippen MR) is 91.9 cm³/mol. The highest BCUT2D eigenvalue weighted by Crippen LogP contribution is 2.34. The minimum atomic E-state index is 0.165. The maximum Gasteiger partial charge on any atom is 0.0582 e. The molecule has 0 heterocycles. The summed E-state index contributed by atoms with van der Waals surface area (Å²) in [4.78, 5) is 1.39. The van der Waals surface area contributed by atoms with Gasteiger partial charge < -0.3 is 10.1 Å². The lowest BCUT2D eigenvalue weighted by Crippen LogP contribution is -2.35. The molecule has 1 aliphatic carbocycles. The van der Waals surface area contributed by atoms with Crippen LogP contribution in [0.2, 0.25) is 0 Å². The van der Waals surface area contributed by atoms with Gasteiger partial charge in [0.1, 0.15) is 0 Å². The van der Waals surface area contributed by atoms with Gasteiger partial charge in [-0.15, -0.1) is 11.8 Å². The van der Waals surface area contributed by atoms with Gasteiger partial charge in [-0.05, 0) is 64.2 Å². The topological polar surface area (TPSA) is 21.3 Å². The van der Waals surface area contributed by atoms with E-state index in [9.17, 15) is 0 Å². The maximum absolute atomic E-state index is 5.54. The van der Waals surface area contributed by atoms with Crippen LogP contribution in [0, 0.1) is 0 Å². The normalized spacial score (nSPS) is 23.2. The van der Waals surface area contributed by atoms with E-state index in [-0.39, 0.29) is 5.54 Å². The minimum Gasteiger partial charge on any atom is -0.381 e. The van der Waals surface area contributed by atoms with E-state index in [1.165, 1.54) is 36.1 Å². The molecule has 3 heteroatoms. The number of benzene rings is 1. The van der Waals surface area contributed by atoms with Crippen LogP contribution in [-0.4, -0.2) is 24.0 Å². The number of ether oxygens (including phenoxy) is 1. The summed E-state index contributed by atoms with van der Waals surface area (Å²) < 4.78 is 5.54. The van der Waals surface area contributed by atoms with Crippen molar-refractivity contribution in [1.82, 2.24) is 5.32 Å². The summed E-state index contributed by atoms with van der Waals surface area (Å²) in [7, 11) is 1.84. The molecule has 0 bridgehead atoms. The number of hydrogen-bond donors (Lipinski definition) is 1. The molecule has 2 unspecified atom stereocenters. The van der Waals surface area contributed by atoms with E-state index in [0.29, 0.717) is 11.4 Å². The second kappa shape index (κ2) is 7.66. The summed E-state index contributed by atoms with van der Waals surface area (Å²) in [5, 5.41) is 4.26. The zero-order valence-corrected chi connectivity index (χ0v) is 14.6. The quantitative estimate of drug-likeness (QED) is 0.857. The first-order valence-corrected chi connectivity index (χ1v) is 8.87. The molecule has 21 heavy (non-hydrogen) atoms. The molecule has 0 amide bonds. The molecule has 1 aromatic carbocycles. The van der Waals surface area contributed by atoms with Gasteiger partial charge in [0.15, 0.2) is 0 Å². The third-order valence-electron chi connectivity index (χ3n) is 3.94. The van der Waals surface area contributed by atoms with Crippen molar-refractivity contribution >= 4 is 11.8 Å². The summed E-state index contributed by atoms with van der Waals surface area (Å²) in [6.07, 6.45) is 5.48. The number of rotatable bonds is 5. The van der Waals surface area contributed by atoms with Crippen LogP contribution in [0.15, 0.2) is 29.2 Å². The van der Waals surface area contributed by atoms with E-state index in [1.54, 1.807) is 0 Å². The summed E-state index contributed by atoms with van der Waals surface area (Å²) in [5.41, 5.74) is 1.53. The van der Waals surface area contributed by atoms with Crippen molar-refractivity contribution in [2.45, 2.75) is 74.8 Å². The molecular formula is C18H29NOS. The fourth-order valence-corrected chi connectivity index (χ4v) is 4.07. The van der Waals surface area contributed by atoms with Gasteiger partial charge >= 0.3 is 0 Å². The molecule has 0 radical (unpaired) electrons. The van der Waals surface area contributed by atoms with Crippen molar-refractivity contribution in [1.29, 1.82) is 0 Å². The van der Waals surface area contributed by atoms with Gasteiger partial charge in [0.25, 0.3) is 0 Å². The Kier molecular flexibility index (Phi) is 6.15. The predicted octanol–water partition coefficient (Wildman–Crippen LogP) is 4.62. The second-order valence-corrected chi connectivity index (χ2v) is 8.39. The fourth-order valence-electron chi connectivity index (χ4n) is 2.71. The van der Waals surface area contributed by atoms with E-state index in [2.05, 4.69) is 50.4 Å². The van der Waals surface area contributed by atoms with Crippen molar-refractivity contribution in [2.24, 2.45) is 0 Å². The molecular weight excluding hydrogens is 278 g/mol. The Hall–Kier alpha value is -0.510. The van der Waals surface area contributed by atoms with Crippen molar-refractivity contribution < 1.29 is 4.74 Å². The molecule has 1 aliphatic rings. The van der Waals surface area contributed by atoms with E-state index in [1.807, 2.05) is 18.9 Å². The average Bonchev–Trinajstić information content (AvgIpc) is 2.45. The number of methoxy groups -OCH3 is 1. The Morgan fingerprint density at radius 3 is 2.81 bits per heavy atom. The van der Waals surface area contributed by atoms with E-state index in [4.69, 9.17) is 4.74 Å². The molecule has 118 valence electrons. The van der Waals surface area contributed by atoms with Gasteiger partial charge in [0.2, 0.25) is 0 Å². The summed E-state index contributed by atoms with van der Waals surface area (Å²) in [6.45, 7) is 7.55. The molecule has 1 fully saturated rings. The molecule has 1 saturated carbocycles. The molecule has 0 aliphatic heterocycles. The van der Waals surface area contributed by atoms with Crippen LogP contribution in [0.25, 0.3) is 0 Å². The van der Waals surface area contributed by atoms with Gasteiger partial charge in [-0.1, -0.05) is 12.1 Å². The second-order valence-electron chi connectivity index (χ2n) is 7.02. The smallest absolute Gasteiger partial charge is 0.0582 e. The third-order valence-corrected chi connectivity index (χ3v) is 5.22. The Labute approximate surface area is 134 Å². The highest BCUT2D eigenvalue weighted by molar-refractivity contribution is 8.00. The lowest BCUT2D eigenvalue weighted by molar-refractivity contribution is 0.0730. The zero-order valence-electron chi connectivity index (χ0n) is 13.8. The molecule has 1 aromatic rings. The first-order valence-electron chi connectivity index (χ1n) is 8.00. The lowest BCUT2D eigenvalue weighted by Gasteiger charge is -2.27. The number of nitrogens with one attached hydrogen (secondary N) is 1. The van der Waals surface area contributed by atoms with Gasteiger partial charge in [0.05, 0.1) is 6.10 Å². The summed E-state index contributed by atoms with van der Waals surface area (Å²) >= 11 is 2.02. The molecule has 1 N–H and O–H groups in total. The van der Waals surface area contributed by atoms with Crippen LogP contribution in [0.4, 0.5) is 0 Å². The van der Waals surface area contributed by atoms with Crippen molar-refractivity contribution in [3.63, 3.8) is 0 Å². The van der Waals surface area contributed by atoms with Crippen LogP contribution in [0.5, 0.6) is 0 Å². The van der Waals surface area contributed by atoms with Gasteiger partial charge in [0, 0.05) is 29.3 Å². The van der Waals surface area contributed by atoms with E-state index in [0.717, 1.165) is 6.54 Å². The van der Waals surface area contributed by atoms with Crippen LogP contribution < -0.4 is 5.32 Å². The third kappa shape index (κ3) is 6.01. The molecule has 0 saturated heterocycles. The van der Waals surface area contributed by atoms with E-state index >= 15 is 0 Å². The highest BCUT2D eigenvalue weighted by atomic mass is 32.2. The average molecular weight is 308 g/mol. The van der Waals surface area contributed by atoms with Gasteiger partial charge in [-0.3, -0.25) is 0 Å². The zero-order chi connectivity index (χ0) is 15.3. The Morgan fingerprint density at radius 1 is 1.29 bits per heavy atom. The first kappa shape index (κ1) is 16.9. The molecule has 0 spiro atoms. The highest BCUT2D eigenvalue weighted by Gasteiger charge is 2.22. The number of thioether (sulfide) groups is 1. The minimum absolute atomic E-state index is 0.165. The molecule has 2 atom stereocenters. The van der Waals surface area contributed by atoms with Crippen LogP contribution >= 0.6 is 11.8 Å².